The number of hydrogen-bond donors (Lipinski definition) is 2. The Morgan fingerprint density at radius 3 is 2.60 bits per heavy atom. The van der Waals surface area contributed by atoms with Crippen LogP contribution in [-0.2, 0) is 16.0 Å². The van der Waals surface area contributed by atoms with Gasteiger partial charge >= 0.3 is 0 Å². The van der Waals surface area contributed by atoms with E-state index in [-0.39, 0.29) is 30.8 Å². The first-order valence-electron chi connectivity index (χ1n) is 6.54. The third-order valence-corrected chi connectivity index (χ3v) is 3.22. The van der Waals surface area contributed by atoms with Gasteiger partial charge in [-0.15, -0.1) is 12.4 Å². The zero-order chi connectivity index (χ0) is 13.7. The number of carbonyl (C=O) groups is 2. The number of nitrogens with zero attached hydrogens (tertiary/aromatic N) is 1. The first-order valence-corrected chi connectivity index (χ1v) is 6.54. The van der Waals surface area contributed by atoms with Crippen LogP contribution in [-0.4, -0.2) is 36.3 Å². The second-order valence-corrected chi connectivity index (χ2v) is 4.76. The van der Waals surface area contributed by atoms with Crippen LogP contribution in [0.15, 0.2) is 24.3 Å². The number of hydrogen-bond acceptors (Lipinski definition) is 3. The van der Waals surface area contributed by atoms with E-state index in [9.17, 15) is 9.59 Å². The Morgan fingerprint density at radius 1 is 1.30 bits per heavy atom. The fourth-order valence-electron chi connectivity index (χ4n) is 2.13. The van der Waals surface area contributed by atoms with Gasteiger partial charge in [-0.3, -0.25) is 9.59 Å². The zero-order valence-electron chi connectivity index (χ0n) is 11.3. The average Bonchev–Trinajstić information content (AvgIpc) is 2.78. The molecular weight excluding hydrogens is 278 g/mol. The third-order valence-electron chi connectivity index (χ3n) is 3.22. The largest absolute Gasteiger partial charge is 0.399 e. The summed E-state index contributed by atoms with van der Waals surface area (Å²) in [5.41, 5.74) is 7.47. The van der Waals surface area contributed by atoms with Gasteiger partial charge in [-0.2, -0.15) is 0 Å². The van der Waals surface area contributed by atoms with Crippen molar-refractivity contribution in [2.45, 2.75) is 19.3 Å². The van der Waals surface area contributed by atoms with E-state index in [0.717, 1.165) is 24.1 Å². The number of likely N-dealkylation sites (tertiary alicyclic amines) is 1. The average molecular weight is 298 g/mol. The highest BCUT2D eigenvalue weighted by molar-refractivity contribution is 5.86. The van der Waals surface area contributed by atoms with Crippen molar-refractivity contribution in [1.82, 2.24) is 10.2 Å². The summed E-state index contributed by atoms with van der Waals surface area (Å²) in [5.74, 6) is -0.0145. The first kappa shape index (κ1) is 16.3. The number of nitrogens with one attached hydrogen (secondary N) is 1. The molecule has 0 spiro atoms. The molecule has 110 valence electrons. The van der Waals surface area contributed by atoms with Crippen LogP contribution in [0.2, 0.25) is 0 Å². The summed E-state index contributed by atoms with van der Waals surface area (Å²) in [7, 11) is 0. The lowest BCUT2D eigenvalue weighted by Crippen LogP contribution is -2.38. The normalized spacial score (nSPS) is 14.0. The Kier molecular flexibility index (Phi) is 6.31. The highest BCUT2D eigenvalue weighted by Gasteiger charge is 2.21. The summed E-state index contributed by atoms with van der Waals surface area (Å²) >= 11 is 0. The standard InChI is InChI=1S/C14H19N3O2.ClH/c15-12-5-3-11(4-6-12)7-8-16-13(18)10-17-9-1-2-14(17)19;/h3-6H,1-2,7-10,15H2,(H,16,18);1H. The smallest absolute Gasteiger partial charge is 0.239 e. The second kappa shape index (κ2) is 7.75. The summed E-state index contributed by atoms with van der Waals surface area (Å²) in [4.78, 5) is 24.6. The maximum atomic E-state index is 11.7. The van der Waals surface area contributed by atoms with Crippen molar-refractivity contribution in [3.05, 3.63) is 29.8 Å². The lowest BCUT2D eigenvalue weighted by molar-refractivity contribution is -0.133. The van der Waals surface area contributed by atoms with E-state index >= 15 is 0 Å². The molecular formula is C14H20ClN3O2. The topological polar surface area (TPSA) is 75.4 Å². The molecule has 2 amide bonds. The molecule has 5 nitrogen and oxygen atoms in total. The number of nitrogens with two attached hydrogens (primary N) is 1. The monoisotopic (exact) mass is 297 g/mol. The molecule has 6 heteroatoms. The highest BCUT2D eigenvalue weighted by Crippen LogP contribution is 2.08. The van der Waals surface area contributed by atoms with Crippen LogP contribution in [0.5, 0.6) is 0 Å². The van der Waals surface area contributed by atoms with Gasteiger partial charge in [0, 0.05) is 25.2 Å². The first-order chi connectivity index (χ1) is 9.15. The predicted octanol–water partition coefficient (Wildman–Crippen LogP) is 0.972. The molecule has 1 aromatic carbocycles. The van der Waals surface area contributed by atoms with E-state index in [4.69, 9.17) is 5.73 Å². The molecule has 1 aromatic rings. The number of rotatable bonds is 5. The molecule has 1 aliphatic heterocycles. The van der Waals surface area contributed by atoms with Crippen LogP contribution in [0.1, 0.15) is 18.4 Å². The van der Waals surface area contributed by atoms with Gasteiger partial charge in [0.15, 0.2) is 0 Å². The number of anilines is 1. The van der Waals surface area contributed by atoms with Crippen LogP contribution in [0.3, 0.4) is 0 Å². The molecule has 3 N–H and O–H groups in total. The number of amides is 2. The Balaban J connectivity index is 0.00000200. The number of benzene rings is 1. The maximum absolute atomic E-state index is 11.7. The molecule has 0 unspecified atom stereocenters. The summed E-state index contributed by atoms with van der Waals surface area (Å²) in [6.45, 7) is 1.45. The molecule has 0 atom stereocenters. The molecule has 0 bridgehead atoms. The van der Waals surface area contributed by atoms with Crippen molar-refractivity contribution in [3.63, 3.8) is 0 Å². The van der Waals surface area contributed by atoms with Gasteiger partial charge in [0.25, 0.3) is 0 Å². The minimum absolute atomic E-state index is 0. The lowest BCUT2D eigenvalue weighted by Gasteiger charge is -2.14. The fraction of sp³-hybridized carbons (Fsp3) is 0.429. The molecule has 0 aliphatic carbocycles. The molecule has 2 rings (SSSR count). The van der Waals surface area contributed by atoms with E-state index in [1.165, 1.54) is 0 Å². The van der Waals surface area contributed by atoms with E-state index in [0.29, 0.717) is 19.5 Å². The van der Waals surface area contributed by atoms with E-state index < -0.39 is 0 Å². The van der Waals surface area contributed by atoms with Crippen LogP contribution < -0.4 is 11.1 Å². The molecule has 20 heavy (non-hydrogen) atoms. The SMILES string of the molecule is Cl.Nc1ccc(CCNC(=O)CN2CCCC2=O)cc1. The number of nitrogen functional groups attached to an aromatic ring is 1. The molecule has 0 radical (unpaired) electrons. The van der Waals surface area contributed by atoms with Crippen molar-refractivity contribution in [2.24, 2.45) is 0 Å². The summed E-state index contributed by atoms with van der Waals surface area (Å²) in [6.07, 6.45) is 2.19. The van der Waals surface area contributed by atoms with Gasteiger partial charge in [0.1, 0.15) is 0 Å². The van der Waals surface area contributed by atoms with Crippen LogP contribution in [0, 0.1) is 0 Å². The van der Waals surface area contributed by atoms with Gasteiger partial charge in [0.05, 0.1) is 6.54 Å². The minimum Gasteiger partial charge on any atom is -0.399 e. The molecule has 0 saturated carbocycles. The van der Waals surface area contributed by atoms with Crippen molar-refractivity contribution < 1.29 is 9.59 Å². The van der Waals surface area contributed by atoms with Crippen molar-refractivity contribution in [2.75, 3.05) is 25.4 Å². The van der Waals surface area contributed by atoms with Gasteiger partial charge in [0.2, 0.25) is 11.8 Å². The van der Waals surface area contributed by atoms with Gasteiger partial charge in [-0.25, -0.2) is 0 Å². The van der Waals surface area contributed by atoms with E-state index in [1.54, 1.807) is 4.90 Å². The summed E-state index contributed by atoms with van der Waals surface area (Å²) < 4.78 is 0. The van der Waals surface area contributed by atoms with E-state index in [2.05, 4.69) is 5.32 Å². The Labute approximate surface area is 124 Å². The molecule has 1 aliphatic rings. The number of carbonyl (C=O) groups excluding carboxylic acids is 2. The second-order valence-electron chi connectivity index (χ2n) is 4.76. The molecule has 1 heterocycles. The fourth-order valence-corrected chi connectivity index (χ4v) is 2.13. The van der Waals surface area contributed by atoms with E-state index in [1.807, 2.05) is 24.3 Å². The molecule has 1 fully saturated rings. The quantitative estimate of drug-likeness (QED) is 0.795. The Bertz CT molecular complexity index is 462. The summed E-state index contributed by atoms with van der Waals surface area (Å²) in [6, 6.07) is 7.59. The van der Waals surface area contributed by atoms with Gasteiger partial charge < -0.3 is 16.0 Å². The van der Waals surface area contributed by atoms with Crippen molar-refractivity contribution in [3.8, 4) is 0 Å². The number of halogens is 1. The summed E-state index contributed by atoms with van der Waals surface area (Å²) in [5, 5.41) is 2.83. The van der Waals surface area contributed by atoms with Crippen LogP contribution >= 0.6 is 12.4 Å². The lowest BCUT2D eigenvalue weighted by atomic mass is 10.1. The minimum atomic E-state index is -0.0919. The maximum Gasteiger partial charge on any atom is 0.239 e. The Hall–Kier alpha value is -1.75. The Morgan fingerprint density at radius 2 is 2.00 bits per heavy atom. The third kappa shape index (κ3) is 4.74. The van der Waals surface area contributed by atoms with Gasteiger partial charge in [-0.05, 0) is 30.5 Å². The van der Waals surface area contributed by atoms with Crippen LogP contribution in [0.4, 0.5) is 5.69 Å². The molecule has 0 aromatic heterocycles. The molecule has 1 saturated heterocycles. The van der Waals surface area contributed by atoms with Crippen molar-refractivity contribution in [1.29, 1.82) is 0 Å². The van der Waals surface area contributed by atoms with Crippen molar-refractivity contribution >= 4 is 29.9 Å². The predicted molar refractivity (Wildman–Crippen MR) is 80.6 cm³/mol. The zero-order valence-corrected chi connectivity index (χ0v) is 12.1. The van der Waals surface area contributed by atoms with Gasteiger partial charge in [-0.1, -0.05) is 12.1 Å². The van der Waals surface area contributed by atoms with Crippen LogP contribution in [0.25, 0.3) is 0 Å². The highest BCUT2D eigenvalue weighted by atomic mass is 35.5.